The molecule has 18 heavy (non-hydrogen) atoms. The Labute approximate surface area is 107 Å². The van der Waals surface area contributed by atoms with Crippen LogP contribution in [0.25, 0.3) is 5.52 Å². The predicted molar refractivity (Wildman–Crippen MR) is 71.6 cm³/mol. The highest BCUT2D eigenvalue weighted by atomic mass is 16.5. The van der Waals surface area contributed by atoms with Gasteiger partial charge in [0.15, 0.2) is 0 Å². The summed E-state index contributed by atoms with van der Waals surface area (Å²) in [5, 5.41) is 11.0. The molecule has 0 unspecified atom stereocenters. The molecule has 5 nitrogen and oxygen atoms in total. The molecule has 0 saturated carbocycles. The first-order chi connectivity index (χ1) is 8.92. The third-order valence-electron chi connectivity index (χ3n) is 2.78. The van der Waals surface area contributed by atoms with Gasteiger partial charge < -0.3 is 15.4 Å². The zero-order valence-electron chi connectivity index (χ0n) is 10.7. The molecule has 0 radical (unpaired) electrons. The van der Waals surface area contributed by atoms with Crippen molar-refractivity contribution >= 4 is 5.52 Å². The van der Waals surface area contributed by atoms with Crippen LogP contribution < -0.4 is 10.6 Å². The smallest absolute Gasteiger partial charge is 0.0706 e. The van der Waals surface area contributed by atoms with Gasteiger partial charge in [-0.1, -0.05) is 6.07 Å². The molecule has 0 bridgehead atoms. The Morgan fingerprint density at radius 1 is 1.22 bits per heavy atom. The van der Waals surface area contributed by atoms with E-state index in [1.165, 1.54) is 5.56 Å². The summed E-state index contributed by atoms with van der Waals surface area (Å²) in [5.41, 5.74) is 2.39. The summed E-state index contributed by atoms with van der Waals surface area (Å²) in [7, 11) is 1.71. The van der Waals surface area contributed by atoms with Crippen LogP contribution in [-0.2, 0) is 11.3 Å². The predicted octanol–water partition coefficient (Wildman–Crippen LogP) is 0.660. The quantitative estimate of drug-likeness (QED) is 0.674. The Kier molecular flexibility index (Phi) is 5.14. The Bertz CT molecular complexity index is 469. The molecule has 0 aromatic carbocycles. The molecular weight excluding hydrogens is 228 g/mol. The van der Waals surface area contributed by atoms with E-state index in [1.807, 2.05) is 29.0 Å². The second kappa shape index (κ2) is 7.10. The first kappa shape index (κ1) is 13.0. The first-order valence-corrected chi connectivity index (χ1v) is 6.23. The number of hydrogen-bond donors (Lipinski definition) is 2. The lowest BCUT2D eigenvalue weighted by Crippen LogP contribution is -2.29. The van der Waals surface area contributed by atoms with Gasteiger partial charge in [-0.2, -0.15) is 5.10 Å². The van der Waals surface area contributed by atoms with Crippen molar-refractivity contribution in [3.8, 4) is 0 Å². The summed E-state index contributed by atoms with van der Waals surface area (Å²) in [6.07, 6.45) is 3.88. The molecule has 2 aromatic heterocycles. The highest BCUT2D eigenvalue weighted by Crippen LogP contribution is 2.08. The van der Waals surface area contributed by atoms with Crippen LogP contribution in [0.1, 0.15) is 5.56 Å². The van der Waals surface area contributed by atoms with E-state index in [4.69, 9.17) is 4.74 Å². The van der Waals surface area contributed by atoms with E-state index in [1.54, 1.807) is 7.11 Å². The Hall–Kier alpha value is -1.43. The summed E-state index contributed by atoms with van der Waals surface area (Å²) in [5.74, 6) is 0. The van der Waals surface area contributed by atoms with E-state index in [0.29, 0.717) is 0 Å². The van der Waals surface area contributed by atoms with Crippen molar-refractivity contribution in [2.75, 3.05) is 33.4 Å². The molecule has 98 valence electrons. The average Bonchev–Trinajstić information content (AvgIpc) is 2.81. The fraction of sp³-hybridized carbons (Fsp3) is 0.462. The van der Waals surface area contributed by atoms with E-state index in [-0.39, 0.29) is 0 Å². The lowest BCUT2D eigenvalue weighted by Gasteiger charge is -2.05. The third-order valence-corrected chi connectivity index (χ3v) is 2.78. The maximum absolute atomic E-state index is 4.96. The molecule has 2 N–H and O–H groups in total. The summed E-state index contributed by atoms with van der Waals surface area (Å²) in [6.45, 7) is 4.39. The van der Waals surface area contributed by atoms with Gasteiger partial charge in [-0.15, -0.1) is 0 Å². The molecule has 0 saturated heterocycles. The van der Waals surface area contributed by atoms with Crippen LogP contribution in [-0.4, -0.2) is 43.0 Å². The molecule has 0 aliphatic heterocycles. The topological polar surface area (TPSA) is 50.6 Å². The highest BCUT2D eigenvalue weighted by molar-refractivity contribution is 5.53. The number of nitrogens with zero attached hydrogens (tertiary/aromatic N) is 2. The monoisotopic (exact) mass is 248 g/mol. The minimum absolute atomic E-state index is 0.758. The lowest BCUT2D eigenvalue weighted by atomic mass is 10.2. The summed E-state index contributed by atoms with van der Waals surface area (Å²) in [6, 6.07) is 6.10. The summed E-state index contributed by atoms with van der Waals surface area (Å²) < 4.78 is 6.86. The fourth-order valence-electron chi connectivity index (χ4n) is 1.82. The lowest BCUT2D eigenvalue weighted by molar-refractivity contribution is 0.199. The SMILES string of the molecule is COCCNCCNCc1cnn2ccccc12. The summed E-state index contributed by atoms with van der Waals surface area (Å²) >= 11 is 0. The van der Waals surface area contributed by atoms with E-state index in [2.05, 4.69) is 21.8 Å². The van der Waals surface area contributed by atoms with E-state index in [9.17, 15) is 0 Å². The van der Waals surface area contributed by atoms with Gasteiger partial charge in [0.25, 0.3) is 0 Å². The number of methoxy groups -OCH3 is 1. The molecule has 0 aliphatic rings. The summed E-state index contributed by atoms with van der Waals surface area (Å²) in [4.78, 5) is 0. The van der Waals surface area contributed by atoms with Gasteiger partial charge >= 0.3 is 0 Å². The maximum Gasteiger partial charge on any atom is 0.0706 e. The van der Waals surface area contributed by atoms with Crippen molar-refractivity contribution in [2.45, 2.75) is 6.54 Å². The van der Waals surface area contributed by atoms with Crippen molar-refractivity contribution in [3.05, 3.63) is 36.2 Å². The van der Waals surface area contributed by atoms with Crippen molar-refractivity contribution in [3.63, 3.8) is 0 Å². The molecule has 0 atom stereocenters. The van der Waals surface area contributed by atoms with Gasteiger partial charge in [0.2, 0.25) is 0 Å². The van der Waals surface area contributed by atoms with Crippen molar-refractivity contribution in [1.29, 1.82) is 0 Å². The first-order valence-electron chi connectivity index (χ1n) is 6.23. The van der Waals surface area contributed by atoms with E-state index in [0.717, 1.165) is 38.3 Å². The van der Waals surface area contributed by atoms with Crippen LogP contribution in [0.2, 0.25) is 0 Å². The number of ether oxygens (including phenoxy) is 1. The van der Waals surface area contributed by atoms with Crippen LogP contribution in [0, 0.1) is 0 Å². The molecule has 0 aliphatic carbocycles. The van der Waals surface area contributed by atoms with Crippen molar-refractivity contribution in [2.24, 2.45) is 0 Å². The van der Waals surface area contributed by atoms with Crippen molar-refractivity contribution < 1.29 is 4.74 Å². The minimum Gasteiger partial charge on any atom is -0.383 e. The number of hydrogen-bond acceptors (Lipinski definition) is 4. The molecular formula is C13H20N4O. The number of nitrogens with one attached hydrogen (secondary N) is 2. The maximum atomic E-state index is 4.96. The molecule has 2 rings (SSSR count). The molecule has 0 amide bonds. The van der Waals surface area contributed by atoms with Crippen molar-refractivity contribution in [1.82, 2.24) is 20.2 Å². The molecule has 0 fully saturated rings. The van der Waals surface area contributed by atoms with E-state index < -0.39 is 0 Å². The number of fused-ring (bicyclic) bond motifs is 1. The Morgan fingerprint density at radius 3 is 3.00 bits per heavy atom. The van der Waals surface area contributed by atoms with Crippen LogP contribution in [0.15, 0.2) is 30.6 Å². The Morgan fingerprint density at radius 2 is 2.11 bits per heavy atom. The minimum atomic E-state index is 0.758. The highest BCUT2D eigenvalue weighted by Gasteiger charge is 2.01. The van der Waals surface area contributed by atoms with Crippen LogP contribution in [0.5, 0.6) is 0 Å². The number of pyridine rings is 1. The van der Waals surface area contributed by atoms with Gasteiger partial charge in [0, 0.05) is 45.0 Å². The molecule has 2 heterocycles. The van der Waals surface area contributed by atoms with Gasteiger partial charge in [-0.3, -0.25) is 0 Å². The zero-order chi connectivity index (χ0) is 12.6. The van der Waals surface area contributed by atoms with Gasteiger partial charge in [-0.25, -0.2) is 4.52 Å². The second-order valence-corrected chi connectivity index (χ2v) is 4.12. The largest absolute Gasteiger partial charge is 0.383 e. The van der Waals surface area contributed by atoms with Crippen LogP contribution in [0.3, 0.4) is 0 Å². The molecule has 2 aromatic rings. The second-order valence-electron chi connectivity index (χ2n) is 4.12. The zero-order valence-corrected chi connectivity index (χ0v) is 10.7. The van der Waals surface area contributed by atoms with Crippen LogP contribution >= 0.6 is 0 Å². The molecule has 5 heteroatoms. The van der Waals surface area contributed by atoms with Gasteiger partial charge in [0.1, 0.15) is 0 Å². The van der Waals surface area contributed by atoms with Gasteiger partial charge in [0.05, 0.1) is 18.3 Å². The van der Waals surface area contributed by atoms with Crippen LogP contribution in [0.4, 0.5) is 0 Å². The molecule has 0 spiro atoms. The number of rotatable bonds is 8. The number of aromatic nitrogens is 2. The fourth-order valence-corrected chi connectivity index (χ4v) is 1.82. The Balaban J connectivity index is 1.70. The van der Waals surface area contributed by atoms with E-state index >= 15 is 0 Å². The third kappa shape index (κ3) is 3.53. The van der Waals surface area contributed by atoms with Gasteiger partial charge in [-0.05, 0) is 12.1 Å². The average molecular weight is 248 g/mol. The standard InChI is InChI=1S/C13H20N4O/c1-18-9-7-14-5-6-15-10-12-11-16-17-8-3-2-4-13(12)17/h2-4,8,11,14-15H,5-7,9-10H2,1H3. The normalized spacial score (nSPS) is 11.2.